The number of nitrogens with two attached hydrogens (primary N) is 2. The first-order chi connectivity index (χ1) is 15.3. The molecule has 0 saturated carbocycles. The van der Waals surface area contributed by atoms with Crippen molar-refractivity contribution in [1.82, 2.24) is 14.8 Å². The van der Waals surface area contributed by atoms with Crippen LogP contribution in [0.3, 0.4) is 0 Å². The first-order valence-corrected chi connectivity index (χ1v) is 10.4. The van der Waals surface area contributed by atoms with E-state index in [0.29, 0.717) is 35.2 Å². The Morgan fingerprint density at radius 2 is 1.88 bits per heavy atom. The van der Waals surface area contributed by atoms with Gasteiger partial charge in [-0.3, -0.25) is 9.69 Å². The van der Waals surface area contributed by atoms with Gasteiger partial charge >= 0.3 is 0 Å². The lowest BCUT2D eigenvalue weighted by atomic mass is 10.3. The molecule has 1 atom stereocenters. The number of ether oxygens (including phenoxy) is 1. The largest absolute Gasteiger partial charge is 0.459 e. The summed E-state index contributed by atoms with van der Waals surface area (Å²) < 4.78 is 5.97. The predicted molar refractivity (Wildman–Crippen MR) is 125 cm³/mol. The lowest BCUT2D eigenvalue weighted by Gasteiger charge is -2.32. The SMILES string of the molecule is C=C(CN1CCN(C)CC1)Oc1ccccc1/N=N/c1ccc(NC(=O)[C@H](C)N)nc1N. The summed E-state index contributed by atoms with van der Waals surface area (Å²) in [5.74, 6) is 1.28. The molecule has 1 amide bonds. The molecule has 0 radical (unpaired) electrons. The fraction of sp³-hybridized carbons (Fsp3) is 0.364. The number of benzene rings is 1. The molecule has 10 heteroatoms. The van der Waals surface area contributed by atoms with Crippen LogP contribution in [0.25, 0.3) is 0 Å². The van der Waals surface area contributed by atoms with Crippen molar-refractivity contribution in [2.24, 2.45) is 16.0 Å². The van der Waals surface area contributed by atoms with E-state index in [1.807, 2.05) is 18.2 Å². The van der Waals surface area contributed by atoms with Gasteiger partial charge in [0.25, 0.3) is 0 Å². The predicted octanol–water partition coefficient (Wildman–Crippen LogP) is 2.50. The van der Waals surface area contributed by atoms with Crippen LogP contribution in [-0.4, -0.2) is 66.5 Å². The van der Waals surface area contributed by atoms with Crippen LogP contribution >= 0.6 is 0 Å². The molecule has 1 aromatic carbocycles. The van der Waals surface area contributed by atoms with Crippen LogP contribution < -0.4 is 21.5 Å². The molecule has 3 rings (SSSR count). The zero-order valence-electron chi connectivity index (χ0n) is 18.5. The first-order valence-electron chi connectivity index (χ1n) is 10.4. The second-order valence-electron chi connectivity index (χ2n) is 7.77. The number of azo groups is 1. The molecule has 170 valence electrons. The molecule has 1 aliphatic rings. The van der Waals surface area contributed by atoms with Gasteiger partial charge in [0.1, 0.15) is 23.0 Å². The van der Waals surface area contributed by atoms with Crippen LogP contribution in [0.5, 0.6) is 5.75 Å². The van der Waals surface area contributed by atoms with E-state index in [4.69, 9.17) is 16.2 Å². The Morgan fingerprint density at radius 3 is 2.56 bits per heavy atom. The summed E-state index contributed by atoms with van der Waals surface area (Å²) in [6.07, 6.45) is 0. The molecule has 1 aliphatic heterocycles. The lowest BCUT2D eigenvalue weighted by Crippen LogP contribution is -2.45. The Labute approximate surface area is 187 Å². The Bertz CT molecular complexity index is 984. The Kier molecular flexibility index (Phi) is 7.87. The molecule has 1 fully saturated rings. The average Bonchev–Trinajstić information content (AvgIpc) is 2.75. The Hall–Kier alpha value is -3.34. The van der Waals surface area contributed by atoms with Crippen molar-refractivity contribution in [2.75, 3.05) is 50.8 Å². The second-order valence-corrected chi connectivity index (χ2v) is 7.77. The highest BCUT2D eigenvalue weighted by atomic mass is 16.5. The summed E-state index contributed by atoms with van der Waals surface area (Å²) in [6.45, 7) is 10.3. The van der Waals surface area contributed by atoms with Gasteiger partial charge in [-0.2, -0.15) is 0 Å². The molecule has 10 nitrogen and oxygen atoms in total. The number of piperazine rings is 1. The summed E-state index contributed by atoms with van der Waals surface area (Å²) in [5.41, 5.74) is 12.4. The summed E-state index contributed by atoms with van der Waals surface area (Å²) >= 11 is 0. The molecule has 0 bridgehead atoms. The number of para-hydroxylation sites is 1. The molecule has 0 aliphatic carbocycles. The van der Waals surface area contributed by atoms with Crippen LogP contribution in [0, 0.1) is 0 Å². The van der Waals surface area contributed by atoms with Crippen LogP contribution in [-0.2, 0) is 4.79 Å². The molecule has 5 N–H and O–H groups in total. The van der Waals surface area contributed by atoms with Gasteiger partial charge in [-0.1, -0.05) is 18.7 Å². The topological polar surface area (TPSA) is 134 Å². The third-order valence-electron chi connectivity index (χ3n) is 4.95. The van der Waals surface area contributed by atoms with Crippen molar-refractivity contribution in [2.45, 2.75) is 13.0 Å². The van der Waals surface area contributed by atoms with E-state index >= 15 is 0 Å². The van der Waals surface area contributed by atoms with Crippen molar-refractivity contribution in [3.8, 4) is 5.75 Å². The number of amides is 1. The Morgan fingerprint density at radius 1 is 1.19 bits per heavy atom. The van der Waals surface area contributed by atoms with E-state index in [1.165, 1.54) is 0 Å². The zero-order valence-corrected chi connectivity index (χ0v) is 18.5. The molecular formula is C22H30N8O2. The number of nitrogens with zero attached hydrogens (tertiary/aromatic N) is 5. The summed E-state index contributed by atoms with van der Waals surface area (Å²) in [6, 6.07) is 9.88. The third-order valence-corrected chi connectivity index (χ3v) is 4.95. The van der Waals surface area contributed by atoms with E-state index in [9.17, 15) is 4.79 Å². The van der Waals surface area contributed by atoms with Gasteiger partial charge in [-0.15, -0.1) is 10.2 Å². The number of hydrogen-bond acceptors (Lipinski definition) is 9. The molecular weight excluding hydrogens is 408 g/mol. The molecule has 2 heterocycles. The quantitative estimate of drug-likeness (QED) is 0.426. The van der Waals surface area contributed by atoms with Gasteiger partial charge in [0.2, 0.25) is 5.91 Å². The average molecular weight is 439 g/mol. The molecule has 1 aromatic heterocycles. The van der Waals surface area contributed by atoms with Crippen molar-refractivity contribution < 1.29 is 9.53 Å². The van der Waals surface area contributed by atoms with E-state index in [2.05, 4.69) is 44.0 Å². The standard InChI is InChI=1S/C22H30N8O2/c1-15(14-30-12-10-29(3)11-13-30)32-19-7-5-4-6-17(19)27-28-18-8-9-20(25-21(18)24)26-22(31)16(2)23/h4-9,16H,1,10-14,23H2,2-3H3,(H3,24,25,26,31)/b28-27+/t16-/m0/s1. The number of anilines is 2. The lowest BCUT2D eigenvalue weighted by molar-refractivity contribution is -0.117. The fourth-order valence-corrected chi connectivity index (χ4v) is 3.04. The summed E-state index contributed by atoms with van der Waals surface area (Å²) in [7, 11) is 2.12. The maximum Gasteiger partial charge on any atom is 0.242 e. The third kappa shape index (κ3) is 6.58. The van der Waals surface area contributed by atoms with Gasteiger partial charge < -0.3 is 26.4 Å². The van der Waals surface area contributed by atoms with Gasteiger partial charge in [-0.25, -0.2) is 4.98 Å². The van der Waals surface area contributed by atoms with Gasteiger partial charge in [-0.05, 0) is 38.2 Å². The number of carbonyl (C=O) groups is 1. The summed E-state index contributed by atoms with van der Waals surface area (Å²) in [5, 5.41) is 11.1. The van der Waals surface area contributed by atoms with Gasteiger partial charge in [0.15, 0.2) is 11.6 Å². The number of rotatable bonds is 8. The van der Waals surface area contributed by atoms with Gasteiger partial charge in [0, 0.05) is 26.2 Å². The number of pyridine rings is 1. The molecule has 0 spiro atoms. The molecule has 2 aromatic rings. The number of hydrogen-bond donors (Lipinski definition) is 3. The van der Waals surface area contributed by atoms with Gasteiger partial charge in [0.05, 0.1) is 12.6 Å². The van der Waals surface area contributed by atoms with Crippen LogP contribution in [0.1, 0.15) is 6.92 Å². The second kappa shape index (κ2) is 10.8. The number of nitrogens with one attached hydrogen (secondary N) is 1. The van der Waals surface area contributed by atoms with Crippen molar-refractivity contribution in [3.05, 3.63) is 48.7 Å². The minimum Gasteiger partial charge on any atom is -0.459 e. The van der Waals surface area contributed by atoms with E-state index in [1.54, 1.807) is 25.1 Å². The van der Waals surface area contributed by atoms with Crippen LogP contribution in [0.2, 0.25) is 0 Å². The molecule has 32 heavy (non-hydrogen) atoms. The molecule has 1 saturated heterocycles. The first kappa shape index (κ1) is 23.3. The fourth-order valence-electron chi connectivity index (χ4n) is 3.04. The number of nitrogen functional groups attached to an aromatic ring is 1. The maximum absolute atomic E-state index is 11.7. The minimum absolute atomic E-state index is 0.133. The normalized spacial score (nSPS) is 16.1. The highest BCUT2D eigenvalue weighted by Crippen LogP contribution is 2.31. The zero-order chi connectivity index (χ0) is 23.1. The van der Waals surface area contributed by atoms with E-state index < -0.39 is 6.04 Å². The van der Waals surface area contributed by atoms with E-state index in [0.717, 1.165) is 26.2 Å². The van der Waals surface area contributed by atoms with Crippen molar-refractivity contribution in [3.63, 3.8) is 0 Å². The number of likely N-dealkylation sites (N-methyl/N-ethyl adjacent to an activating group) is 1. The van der Waals surface area contributed by atoms with E-state index in [-0.39, 0.29) is 11.7 Å². The maximum atomic E-state index is 11.7. The van der Waals surface area contributed by atoms with Crippen LogP contribution in [0.15, 0.2) is 59.0 Å². The highest BCUT2D eigenvalue weighted by molar-refractivity contribution is 5.93. The highest BCUT2D eigenvalue weighted by Gasteiger charge is 2.16. The van der Waals surface area contributed by atoms with Crippen molar-refractivity contribution >= 4 is 28.9 Å². The minimum atomic E-state index is -0.653. The van der Waals surface area contributed by atoms with Crippen LogP contribution in [0.4, 0.5) is 23.0 Å². The monoisotopic (exact) mass is 438 g/mol. The Balaban J connectivity index is 1.65. The summed E-state index contributed by atoms with van der Waals surface area (Å²) in [4.78, 5) is 20.4. The number of carbonyl (C=O) groups excluding carboxylic acids is 1. The smallest absolute Gasteiger partial charge is 0.242 e. The van der Waals surface area contributed by atoms with Crippen molar-refractivity contribution in [1.29, 1.82) is 0 Å². The number of aromatic nitrogens is 1. The molecule has 0 unspecified atom stereocenters.